The van der Waals surface area contributed by atoms with Crippen molar-refractivity contribution in [2.75, 3.05) is 19.7 Å². The maximum Gasteiger partial charge on any atom is 0.343 e. The standard InChI is InChI=1S/C26H33NO3/c1-20(22-10-4-2-5-11-22)27-17-16-21(18-27)19-30-25(28)26(29,24-14-8-9-15-24)23-12-6-3-7-13-23/h2-7,10-13,20-21,24,29H,8-9,14-19H2,1H3/t20-,21-,26-/m1/s1. The zero-order valence-electron chi connectivity index (χ0n) is 17.9. The summed E-state index contributed by atoms with van der Waals surface area (Å²) in [6, 6.07) is 20.2. The smallest absolute Gasteiger partial charge is 0.343 e. The summed E-state index contributed by atoms with van der Waals surface area (Å²) in [7, 11) is 0. The summed E-state index contributed by atoms with van der Waals surface area (Å²) in [6.07, 6.45) is 4.86. The second kappa shape index (κ2) is 9.32. The van der Waals surface area contributed by atoms with Crippen LogP contribution in [-0.2, 0) is 15.1 Å². The molecule has 0 amide bonds. The lowest BCUT2D eigenvalue weighted by Crippen LogP contribution is -2.44. The van der Waals surface area contributed by atoms with Crippen molar-refractivity contribution < 1.29 is 14.6 Å². The van der Waals surface area contributed by atoms with Gasteiger partial charge in [0.05, 0.1) is 6.61 Å². The van der Waals surface area contributed by atoms with Crippen molar-refractivity contribution >= 4 is 5.97 Å². The third-order valence-corrected chi connectivity index (χ3v) is 7.07. The molecule has 0 unspecified atom stereocenters. The third-order valence-electron chi connectivity index (χ3n) is 7.07. The minimum Gasteiger partial charge on any atom is -0.463 e. The number of carbonyl (C=O) groups is 1. The fourth-order valence-electron chi connectivity index (χ4n) is 5.15. The molecule has 4 nitrogen and oxygen atoms in total. The van der Waals surface area contributed by atoms with E-state index in [4.69, 9.17) is 4.74 Å². The van der Waals surface area contributed by atoms with Crippen LogP contribution in [0, 0.1) is 11.8 Å². The number of esters is 1. The predicted octanol–water partition coefficient (Wildman–Crippen LogP) is 4.69. The van der Waals surface area contributed by atoms with Gasteiger partial charge in [0.2, 0.25) is 0 Å². The highest BCUT2D eigenvalue weighted by Crippen LogP contribution is 2.41. The molecule has 2 fully saturated rings. The highest BCUT2D eigenvalue weighted by atomic mass is 16.5. The van der Waals surface area contributed by atoms with Crippen molar-refractivity contribution in [2.24, 2.45) is 11.8 Å². The van der Waals surface area contributed by atoms with Crippen molar-refractivity contribution in [3.8, 4) is 0 Å². The third kappa shape index (κ3) is 4.30. The van der Waals surface area contributed by atoms with Gasteiger partial charge in [0.1, 0.15) is 0 Å². The summed E-state index contributed by atoms with van der Waals surface area (Å²) in [5.74, 6) is -0.232. The molecule has 2 aromatic rings. The van der Waals surface area contributed by atoms with Gasteiger partial charge in [0.25, 0.3) is 0 Å². The van der Waals surface area contributed by atoms with Crippen molar-refractivity contribution in [3.05, 3.63) is 71.8 Å². The first-order chi connectivity index (χ1) is 14.6. The van der Waals surface area contributed by atoms with Gasteiger partial charge in [-0.15, -0.1) is 0 Å². The summed E-state index contributed by atoms with van der Waals surface area (Å²) in [6.45, 7) is 4.52. The van der Waals surface area contributed by atoms with E-state index < -0.39 is 11.6 Å². The van der Waals surface area contributed by atoms with Crippen molar-refractivity contribution in [1.29, 1.82) is 0 Å². The molecule has 0 spiro atoms. The Morgan fingerprint density at radius 2 is 1.70 bits per heavy atom. The molecule has 1 saturated carbocycles. The number of hydrogen-bond acceptors (Lipinski definition) is 4. The molecule has 1 heterocycles. The maximum atomic E-state index is 13.2. The molecule has 160 valence electrons. The average Bonchev–Trinajstić information content (AvgIpc) is 3.50. The number of ether oxygens (including phenoxy) is 1. The molecule has 1 aliphatic carbocycles. The van der Waals surface area contributed by atoms with E-state index in [0.29, 0.717) is 24.1 Å². The van der Waals surface area contributed by atoms with Crippen LogP contribution in [0.5, 0.6) is 0 Å². The Bertz CT molecular complexity index is 819. The van der Waals surface area contributed by atoms with Gasteiger partial charge in [0.15, 0.2) is 5.60 Å². The summed E-state index contributed by atoms with van der Waals surface area (Å²) in [5, 5.41) is 11.5. The zero-order chi connectivity index (χ0) is 21.0. The highest BCUT2D eigenvalue weighted by Gasteiger charge is 2.48. The summed E-state index contributed by atoms with van der Waals surface area (Å²) in [5.41, 5.74) is 0.440. The van der Waals surface area contributed by atoms with Crippen molar-refractivity contribution in [2.45, 2.75) is 50.7 Å². The van der Waals surface area contributed by atoms with Crippen molar-refractivity contribution in [3.63, 3.8) is 0 Å². The first-order valence-corrected chi connectivity index (χ1v) is 11.3. The van der Waals surface area contributed by atoms with E-state index in [1.165, 1.54) is 5.56 Å². The van der Waals surface area contributed by atoms with E-state index in [9.17, 15) is 9.90 Å². The average molecular weight is 408 g/mol. The molecule has 0 bridgehead atoms. The number of benzene rings is 2. The lowest BCUT2D eigenvalue weighted by molar-refractivity contribution is -0.175. The molecule has 3 atom stereocenters. The molecule has 2 aliphatic rings. The fraction of sp³-hybridized carbons (Fsp3) is 0.500. The summed E-state index contributed by atoms with van der Waals surface area (Å²) in [4.78, 5) is 15.6. The van der Waals surface area contributed by atoms with Gasteiger partial charge >= 0.3 is 5.97 Å². The van der Waals surface area contributed by atoms with E-state index in [1.807, 2.05) is 36.4 Å². The lowest BCUT2D eigenvalue weighted by Gasteiger charge is -2.32. The number of likely N-dealkylation sites (tertiary alicyclic amines) is 1. The Morgan fingerprint density at radius 3 is 2.37 bits per heavy atom. The molecular weight excluding hydrogens is 374 g/mol. The monoisotopic (exact) mass is 407 g/mol. The van der Waals surface area contributed by atoms with Gasteiger partial charge in [-0.1, -0.05) is 73.5 Å². The number of aliphatic hydroxyl groups is 1. The van der Waals surface area contributed by atoms with Crippen LogP contribution >= 0.6 is 0 Å². The number of carbonyl (C=O) groups excluding carboxylic acids is 1. The lowest BCUT2D eigenvalue weighted by atomic mass is 9.80. The van der Waals surface area contributed by atoms with Crippen LogP contribution in [0.15, 0.2) is 60.7 Å². The maximum absolute atomic E-state index is 13.2. The molecule has 1 saturated heterocycles. The molecule has 30 heavy (non-hydrogen) atoms. The highest BCUT2D eigenvalue weighted by molar-refractivity contribution is 5.81. The second-order valence-corrected chi connectivity index (χ2v) is 8.95. The van der Waals surface area contributed by atoms with Gasteiger partial charge < -0.3 is 9.84 Å². The van der Waals surface area contributed by atoms with Gasteiger partial charge in [-0.25, -0.2) is 4.79 Å². The van der Waals surface area contributed by atoms with Crippen LogP contribution in [0.4, 0.5) is 0 Å². The van der Waals surface area contributed by atoms with Crippen LogP contribution < -0.4 is 0 Å². The Balaban J connectivity index is 1.38. The topological polar surface area (TPSA) is 49.8 Å². The van der Waals surface area contributed by atoms with Crippen LogP contribution in [0.3, 0.4) is 0 Å². The van der Waals surface area contributed by atoms with Gasteiger partial charge in [-0.3, -0.25) is 4.90 Å². The van der Waals surface area contributed by atoms with Gasteiger partial charge in [-0.05, 0) is 43.9 Å². The molecule has 0 aromatic heterocycles. The second-order valence-electron chi connectivity index (χ2n) is 8.95. The first kappa shape index (κ1) is 21.1. The number of hydrogen-bond donors (Lipinski definition) is 1. The molecule has 4 heteroatoms. The minimum atomic E-state index is -1.53. The molecule has 4 rings (SSSR count). The van der Waals surface area contributed by atoms with E-state index in [0.717, 1.165) is 45.2 Å². The van der Waals surface area contributed by atoms with Crippen LogP contribution in [0.2, 0.25) is 0 Å². The predicted molar refractivity (Wildman–Crippen MR) is 118 cm³/mol. The minimum absolute atomic E-state index is 0.0643. The number of nitrogens with zero attached hydrogens (tertiary/aromatic N) is 1. The van der Waals surface area contributed by atoms with E-state index in [1.54, 1.807) is 0 Å². The Morgan fingerprint density at radius 1 is 1.07 bits per heavy atom. The van der Waals surface area contributed by atoms with E-state index in [2.05, 4.69) is 36.1 Å². The Kier molecular flexibility index (Phi) is 6.55. The Labute approximate surface area is 179 Å². The van der Waals surface area contributed by atoms with E-state index in [-0.39, 0.29) is 5.92 Å². The first-order valence-electron chi connectivity index (χ1n) is 11.3. The SMILES string of the molecule is C[C@H](c1ccccc1)N1CC[C@@H](COC(=O)[C@@](O)(c2ccccc2)C2CCCC2)C1. The molecule has 0 radical (unpaired) electrons. The van der Waals surface area contributed by atoms with E-state index >= 15 is 0 Å². The zero-order valence-corrected chi connectivity index (χ0v) is 17.9. The summed E-state index contributed by atoms with van der Waals surface area (Å²) >= 11 is 0. The van der Waals surface area contributed by atoms with Crippen molar-refractivity contribution in [1.82, 2.24) is 4.90 Å². The largest absolute Gasteiger partial charge is 0.463 e. The fourth-order valence-corrected chi connectivity index (χ4v) is 5.15. The van der Waals surface area contributed by atoms with Crippen LogP contribution in [-0.4, -0.2) is 35.7 Å². The number of rotatable bonds is 7. The van der Waals surface area contributed by atoms with Crippen LogP contribution in [0.25, 0.3) is 0 Å². The van der Waals surface area contributed by atoms with Gasteiger partial charge in [0, 0.05) is 24.4 Å². The molecular formula is C26H33NO3. The molecule has 1 aliphatic heterocycles. The van der Waals surface area contributed by atoms with Crippen LogP contribution in [0.1, 0.15) is 56.2 Å². The normalized spacial score (nSPS) is 23.2. The molecule has 1 N–H and O–H groups in total. The Hall–Kier alpha value is -2.17. The quantitative estimate of drug-likeness (QED) is 0.677. The van der Waals surface area contributed by atoms with Gasteiger partial charge in [-0.2, -0.15) is 0 Å². The molecule has 2 aromatic carbocycles. The summed E-state index contributed by atoms with van der Waals surface area (Å²) < 4.78 is 5.78.